The summed E-state index contributed by atoms with van der Waals surface area (Å²) in [6, 6.07) is 5.80. The monoisotopic (exact) mass is 323 g/mol. The van der Waals surface area contributed by atoms with Crippen LogP contribution in [0.15, 0.2) is 29.2 Å². The van der Waals surface area contributed by atoms with Gasteiger partial charge in [-0.05, 0) is 24.5 Å². The van der Waals surface area contributed by atoms with Crippen molar-refractivity contribution in [3.05, 3.63) is 29.8 Å². The van der Waals surface area contributed by atoms with E-state index in [9.17, 15) is 26.7 Å². The maximum atomic E-state index is 12.8. The number of sulfonamides is 1. The van der Waals surface area contributed by atoms with E-state index >= 15 is 0 Å². The maximum Gasteiger partial charge on any atom is 0.393 e. The highest BCUT2D eigenvalue weighted by atomic mass is 32.2. The number of aliphatic hydroxyl groups is 1. The number of halogens is 3. The average Bonchev–Trinajstić information content (AvgIpc) is 2.46. The van der Waals surface area contributed by atoms with Crippen LogP contribution in [0.4, 0.5) is 13.2 Å². The van der Waals surface area contributed by atoms with Crippen LogP contribution < -0.4 is 0 Å². The maximum absolute atomic E-state index is 12.8. The predicted octanol–water partition coefficient (Wildman–Crippen LogP) is 2.14. The molecular formula is C13H16F3NO3S. The fraction of sp³-hybridized carbons (Fsp3) is 0.538. The van der Waals surface area contributed by atoms with Gasteiger partial charge in [-0.15, -0.1) is 0 Å². The first-order valence-corrected chi connectivity index (χ1v) is 7.96. The summed E-state index contributed by atoms with van der Waals surface area (Å²) in [6.07, 6.45) is -4.29. The van der Waals surface area contributed by atoms with Crippen LogP contribution in [-0.2, 0) is 16.6 Å². The highest BCUT2D eigenvalue weighted by Crippen LogP contribution is 2.35. The summed E-state index contributed by atoms with van der Waals surface area (Å²) >= 11 is 0. The molecule has 1 aliphatic heterocycles. The van der Waals surface area contributed by atoms with Crippen molar-refractivity contribution >= 4 is 10.0 Å². The highest BCUT2D eigenvalue weighted by molar-refractivity contribution is 7.89. The Morgan fingerprint density at radius 1 is 1.29 bits per heavy atom. The van der Waals surface area contributed by atoms with Crippen LogP contribution in [0.5, 0.6) is 0 Å². The molecule has 0 aromatic heterocycles. The van der Waals surface area contributed by atoms with Gasteiger partial charge in [-0.1, -0.05) is 18.2 Å². The molecular weight excluding hydrogens is 307 g/mol. The predicted molar refractivity (Wildman–Crippen MR) is 69.9 cm³/mol. The van der Waals surface area contributed by atoms with Gasteiger partial charge < -0.3 is 5.11 Å². The van der Waals surface area contributed by atoms with Crippen LogP contribution in [-0.4, -0.2) is 37.1 Å². The second-order valence-corrected chi connectivity index (χ2v) is 6.92. The van der Waals surface area contributed by atoms with Gasteiger partial charge in [-0.2, -0.15) is 17.5 Å². The molecule has 1 N–H and O–H groups in total. The van der Waals surface area contributed by atoms with Crippen molar-refractivity contribution in [3.63, 3.8) is 0 Å². The van der Waals surface area contributed by atoms with E-state index in [-0.39, 0.29) is 29.8 Å². The Labute approximate surface area is 121 Å². The lowest BCUT2D eigenvalue weighted by Gasteiger charge is -2.33. The van der Waals surface area contributed by atoms with E-state index in [2.05, 4.69) is 0 Å². The van der Waals surface area contributed by atoms with Crippen LogP contribution in [0, 0.1) is 5.92 Å². The molecule has 0 bridgehead atoms. The highest BCUT2D eigenvalue weighted by Gasteiger charge is 2.44. The second-order valence-electron chi connectivity index (χ2n) is 5.01. The van der Waals surface area contributed by atoms with Gasteiger partial charge in [0, 0.05) is 13.1 Å². The minimum Gasteiger partial charge on any atom is -0.392 e. The zero-order chi connectivity index (χ0) is 15.7. The quantitative estimate of drug-likeness (QED) is 0.927. The fourth-order valence-corrected chi connectivity index (χ4v) is 4.19. The SMILES string of the molecule is O=S(=O)(c1ccccc1CO)N1CCCC(C(F)(F)F)C1. The van der Waals surface area contributed by atoms with E-state index in [0.29, 0.717) is 0 Å². The van der Waals surface area contributed by atoms with Crippen molar-refractivity contribution in [3.8, 4) is 0 Å². The molecule has 0 amide bonds. The second kappa shape index (κ2) is 5.94. The van der Waals surface area contributed by atoms with Crippen molar-refractivity contribution in [2.24, 2.45) is 5.92 Å². The Bertz CT molecular complexity index is 601. The lowest BCUT2D eigenvalue weighted by atomic mass is 9.99. The average molecular weight is 323 g/mol. The molecule has 4 nitrogen and oxygen atoms in total. The zero-order valence-electron chi connectivity index (χ0n) is 11.2. The first kappa shape index (κ1) is 16.3. The largest absolute Gasteiger partial charge is 0.393 e. The van der Waals surface area contributed by atoms with Crippen molar-refractivity contribution in [1.82, 2.24) is 4.31 Å². The normalized spacial score (nSPS) is 21.4. The van der Waals surface area contributed by atoms with Gasteiger partial charge in [0.2, 0.25) is 10.0 Å². The summed E-state index contributed by atoms with van der Waals surface area (Å²) in [5.74, 6) is -1.64. The lowest BCUT2D eigenvalue weighted by molar-refractivity contribution is -0.182. The van der Waals surface area contributed by atoms with Crippen LogP contribution in [0.2, 0.25) is 0 Å². The van der Waals surface area contributed by atoms with Crippen molar-refractivity contribution in [2.75, 3.05) is 13.1 Å². The summed E-state index contributed by atoms with van der Waals surface area (Å²) in [5, 5.41) is 9.20. The van der Waals surface area contributed by atoms with Crippen LogP contribution in [0.1, 0.15) is 18.4 Å². The van der Waals surface area contributed by atoms with Gasteiger partial charge >= 0.3 is 6.18 Å². The third kappa shape index (κ3) is 3.38. The standard InChI is InChI=1S/C13H16F3NO3S/c14-13(15,16)11-5-3-7-17(8-11)21(19,20)12-6-2-1-4-10(12)9-18/h1-2,4,6,11,18H,3,5,7-9H2. The minimum atomic E-state index is -4.40. The Hall–Kier alpha value is -1.12. The zero-order valence-corrected chi connectivity index (χ0v) is 12.0. The first-order valence-electron chi connectivity index (χ1n) is 6.52. The molecule has 21 heavy (non-hydrogen) atoms. The number of benzene rings is 1. The third-order valence-electron chi connectivity index (χ3n) is 3.61. The number of alkyl halides is 3. The molecule has 1 atom stereocenters. The van der Waals surface area contributed by atoms with E-state index in [0.717, 1.165) is 4.31 Å². The summed E-state index contributed by atoms with van der Waals surface area (Å²) in [7, 11) is -4.02. The van der Waals surface area contributed by atoms with Crippen molar-refractivity contribution < 1.29 is 26.7 Å². The molecule has 1 saturated heterocycles. The fourth-order valence-electron chi connectivity index (χ4n) is 2.45. The smallest absolute Gasteiger partial charge is 0.392 e. The van der Waals surface area contributed by atoms with Gasteiger partial charge in [0.05, 0.1) is 17.4 Å². The Morgan fingerprint density at radius 3 is 2.57 bits per heavy atom. The number of hydrogen-bond donors (Lipinski definition) is 1. The van der Waals surface area contributed by atoms with Gasteiger partial charge in [-0.3, -0.25) is 0 Å². The van der Waals surface area contributed by atoms with E-state index in [4.69, 9.17) is 0 Å². The molecule has 2 rings (SSSR count). The van der Waals surface area contributed by atoms with Crippen molar-refractivity contribution in [1.29, 1.82) is 0 Å². The van der Waals surface area contributed by atoms with Crippen LogP contribution >= 0.6 is 0 Å². The third-order valence-corrected chi connectivity index (χ3v) is 5.57. The molecule has 1 aliphatic rings. The molecule has 8 heteroatoms. The Balaban J connectivity index is 2.31. The van der Waals surface area contributed by atoms with Crippen LogP contribution in [0.25, 0.3) is 0 Å². The van der Waals surface area contributed by atoms with E-state index in [1.807, 2.05) is 0 Å². The van der Waals surface area contributed by atoms with Gasteiger partial charge in [0.25, 0.3) is 0 Å². The van der Waals surface area contributed by atoms with Gasteiger partial charge in [0.1, 0.15) is 0 Å². The number of rotatable bonds is 3. The first-order chi connectivity index (χ1) is 9.76. The topological polar surface area (TPSA) is 57.6 Å². The summed E-state index contributed by atoms with van der Waals surface area (Å²) < 4.78 is 64.2. The number of hydrogen-bond acceptors (Lipinski definition) is 3. The Kier molecular flexibility index (Phi) is 4.60. The molecule has 0 spiro atoms. The van der Waals surface area contributed by atoms with Gasteiger partial charge in [-0.25, -0.2) is 8.42 Å². The summed E-state index contributed by atoms with van der Waals surface area (Å²) in [4.78, 5) is -0.129. The number of aliphatic hydroxyl groups excluding tert-OH is 1. The molecule has 0 saturated carbocycles. The molecule has 1 heterocycles. The number of nitrogens with zero attached hydrogens (tertiary/aromatic N) is 1. The molecule has 1 aromatic carbocycles. The molecule has 118 valence electrons. The van der Waals surface area contributed by atoms with Crippen molar-refractivity contribution in [2.45, 2.75) is 30.5 Å². The summed E-state index contributed by atoms with van der Waals surface area (Å²) in [6.45, 7) is -0.980. The molecule has 0 aliphatic carbocycles. The van der Waals surface area contributed by atoms with Gasteiger partial charge in [0.15, 0.2) is 0 Å². The molecule has 0 radical (unpaired) electrons. The molecule has 1 aromatic rings. The Morgan fingerprint density at radius 2 is 1.95 bits per heavy atom. The van der Waals surface area contributed by atoms with E-state index in [1.54, 1.807) is 6.07 Å². The summed E-state index contributed by atoms with van der Waals surface area (Å²) in [5.41, 5.74) is 0.187. The molecule has 1 unspecified atom stereocenters. The van der Waals surface area contributed by atoms with Crippen LogP contribution in [0.3, 0.4) is 0 Å². The number of piperidine rings is 1. The van der Waals surface area contributed by atoms with E-state index < -0.39 is 35.3 Å². The minimum absolute atomic E-state index is 0.0584. The molecule has 1 fully saturated rings. The lowest BCUT2D eigenvalue weighted by Crippen LogP contribution is -2.44. The van der Waals surface area contributed by atoms with E-state index in [1.165, 1.54) is 18.2 Å².